The van der Waals surface area contributed by atoms with Crippen LogP contribution in [0.5, 0.6) is 5.75 Å². The number of benzene rings is 1. The Kier molecular flexibility index (Phi) is 6.57. The highest BCUT2D eigenvalue weighted by molar-refractivity contribution is 7.22. The number of nitrogens with zero attached hydrogens (tertiary/aromatic N) is 5. The van der Waals surface area contributed by atoms with Crippen LogP contribution in [-0.2, 0) is 7.05 Å². The van der Waals surface area contributed by atoms with E-state index >= 15 is 0 Å². The van der Waals surface area contributed by atoms with E-state index in [0.29, 0.717) is 17.4 Å². The van der Waals surface area contributed by atoms with Gasteiger partial charge in [0.05, 0.1) is 17.3 Å². The maximum atomic E-state index is 13.0. The number of anilines is 1. The predicted octanol–water partition coefficient (Wildman–Crippen LogP) is 2.67. The second kappa shape index (κ2) is 8.48. The highest BCUT2D eigenvalue weighted by Crippen LogP contribution is 2.32. The summed E-state index contributed by atoms with van der Waals surface area (Å²) in [6.45, 7) is 1.29. The molecule has 1 amide bonds. The topological polar surface area (TPSA) is 63.5 Å². The molecule has 140 valence electrons. The van der Waals surface area contributed by atoms with Gasteiger partial charge < -0.3 is 9.64 Å². The van der Waals surface area contributed by atoms with E-state index in [-0.39, 0.29) is 18.3 Å². The summed E-state index contributed by atoms with van der Waals surface area (Å²) >= 11 is 1.48. The lowest BCUT2D eigenvalue weighted by atomic mass is 10.3. The third-order valence-corrected chi connectivity index (χ3v) is 4.91. The molecule has 0 aliphatic heterocycles. The number of fused-ring (bicyclic) bond motifs is 1. The molecule has 26 heavy (non-hydrogen) atoms. The first-order valence-electron chi connectivity index (χ1n) is 7.89. The van der Waals surface area contributed by atoms with Crippen LogP contribution in [0, 0.1) is 0 Å². The monoisotopic (exact) mass is 395 g/mol. The van der Waals surface area contributed by atoms with Crippen molar-refractivity contribution in [3.63, 3.8) is 0 Å². The minimum atomic E-state index is -0.104. The molecule has 0 unspecified atom stereocenters. The summed E-state index contributed by atoms with van der Waals surface area (Å²) in [5, 5.41) is 4.78. The number of ether oxygens (including phenoxy) is 1. The molecule has 0 N–H and O–H groups in total. The number of hydrogen-bond acceptors (Lipinski definition) is 6. The molecule has 0 fully saturated rings. The van der Waals surface area contributed by atoms with Crippen molar-refractivity contribution in [3.8, 4) is 5.75 Å². The molecule has 1 aromatic carbocycles. The minimum Gasteiger partial charge on any atom is -0.497 e. The number of likely N-dealkylation sites (N-methyl/N-ethyl adjacent to an activating group) is 1. The normalized spacial score (nSPS) is 10.8. The standard InChI is InChI=1S/C17H21N5O2S.ClH/c1-20(2)9-10-22(16(23)14-7-8-18-21(14)3)17-19-13-6-5-12(24-4)11-15(13)25-17;/h5-8,11H,9-10H2,1-4H3;1H. The molecule has 0 saturated carbocycles. The molecule has 0 radical (unpaired) electrons. The highest BCUT2D eigenvalue weighted by Gasteiger charge is 2.23. The Morgan fingerprint density at radius 2 is 2.04 bits per heavy atom. The maximum Gasteiger partial charge on any atom is 0.278 e. The van der Waals surface area contributed by atoms with Gasteiger partial charge in [0.25, 0.3) is 5.91 Å². The van der Waals surface area contributed by atoms with Gasteiger partial charge in [0.1, 0.15) is 11.4 Å². The van der Waals surface area contributed by atoms with E-state index in [1.807, 2.05) is 37.2 Å². The number of hydrogen-bond donors (Lipinski definition) is 0. The van der Waals surface area contributed by atoms with Crippen LogP contribution in [0.4, 0.5) is 5.13 Å². The number of methoxy groups -OCH3 is 1. The zero-order valence-corrected chi connectivity index (χ0v) is 16.8. The quantitative estimate of drug-likeness (QED) is 0.642. The Balaban J connectivity index is 0.00000243. The third kappa shape index (κ3) is 4.14. The Hall–Kier alpha value is -2.16. The van der Waals surface area contributed by atoms with E-state index < -0.39 is 0 Å². The number of amides is 1. The van der Waals surface area contributed by atoms with Gasteiger partial charge in [-0.3, -0.25) is 14.4 Å². The van der Waals surface area contributed by atoms with E-state index in [4.69, 9.17) is 4.74 Å². The van der Waals surface area contributed by atoms with Gasteiger partial charge in [-0.05, 0) is 38.4 Å². The van der Waals surface area contributed by atoms with Crippen LogP contribution in [0.1, 0.15) is 10.5 Å². The molecule has 3 rings (SSSR count). The summed E-state index contributed by atoms with van der Waals surface area (Å²) in [6.07, 6.45) is 1.63. The molecular formula is C17H22ClN5O2S. The molecule has 0 saturated heterocycles. The van der Waals surface area contributed by atoms with E-state index in [2.05, 4.69) is 10.1 Å². The smallest absolute Gasteiger partial charge is 0.278 e. The highest BCUT2D eigenvalue weighted by atomic mass is 35.5. The lowest BCUT2D eigenvalue weighted by molar-refractivity contribution is 0.0976. The second-order valence-electron chi connectivity index (χ2n) is 5.93. The summed E-state index contributed by atoms with van der Waals surface area (Å²) in [6, 6.07) is 7.45. The van der Waals surface area contributed by atoms with Crippen LogP contribution in [-0.4, -0.2) is 59.9 Å². The van der Waals surface area contributed by atoms with Crippen LogP contribution in [0.15, 0.2) is 30.5 Å². The molecule has 3 aromatic rings. The molecule has 0 aliphatic rings. The average Bonchev–Trinajstić information content (AvgIpc) is 3.19. The number of aryl methyl sites for hydroxylation is 1. The first-order valence-corrected chi connectivity index (χ1v) is 8.70. The molecule has 7 nitrogen and oxygen atoms in total. The van der Waals surface area contributed by atoms with Gasteiger partial charge >= 0.3 is 0 Å². The van der Waals surface area contributed by atoms with Crippen LogP contribution < -0.4 is 9.64 Å². The average molecular weight is 396 g/mol. The molecular weight excluding hydrogens is 374 g/mol. The van der Waals surface area contributed by atoms with Gasteiger partial charge in [-0.25, -0.2) is 4.98 Å². The van der Waals surface area contributed by atoms with Gasteiger partial charge in [-0.2, -0.15) is 5.10 Å². The molecule has 0 spiro atoms. The van der Waals surface area contributed by atoms with Gasteiger partial charge in [0.15, 0.2) is 5.13 Å². The number of halogens is 1. The number of carbonyl (C=O) groups is 1. The molecule has 2 heterocycles. The van der Waals surface area contributed by atoms with E-state index in [9.17, 15) is 4.79 Å². The maximum absolute atomic E-state index is 13.0. The summed E-state index contributed by atoms with van der Waals surface area (Å²) in [5.74, 6) is 0.674. The van der Waals surface area contributed by atoms with Gasteiger partial charge in [-0.15, -0.1) is 12.4 Å². The van der Waals surface area contributed by atoms with Crippen LogP contribution in [0.2, 0.25) is 0 Å². The Morgan fingerprint density at radius 3 is 2.65 bits per heavy atom. The van der Waals surface area contributed by atoms with Crippen LogP contribution in [0.3, 0.4) is 0 Å². The largest absolute Gasteiger partial charge is 0.497 e. The Bertz CT molecular complexity index is 892. The van der Waals surface area contributed by atoms with Crippen molar-refractivity contribution in [2.45, 2.75) is 0 Å². The zero-order chi connectivity index (χ0) is 18.0. The van der Waals surface area contributed by atoms with Crippen LogP contribution in [0.25, 0.3) is 10.2 Å². The van der Waals surface area contributed by atoms with Gasteiger partial charge in [-0.1, -0.05) is 11.3 Å². The summed E-state index contributed by atoms with van der Waals surface area (Å²) < 4.78 is 7.85. The predicted molar refractivity (Wildman–Crippen MR) is 107 cm³/mol. The molecule has 0 atom stereocenters. The Morgan fingerprint density at radius 1 is 1.27 bits per heavy atom. The molecule has 9 heteroatoms. The number of rotatable bonds is 6. The van der Waals surface area contributed by atoms with Crippen molar-refractivity contribution in [2.75, 3.05) is 39.2 Å². The summed E-state index contributed by atoms with van der Waals surface area (Å²) in [5.41, 5.74) is 1.39. The summed E-state index contributed by atoms with van der Waals surface area (Å²) in [7, 11) is 7.37. The number of thiazole rings is 1. The Labute approximate surface area is 162 Å². The number of aromatic nitrogens is 3. The minimum absolute atomic E-state index is 0. The fourth-order valence-corrected chi connectivity index (χ4v) is 3.46. The third-order valence-electron chi connectivity index (χ3n) is 3.87. The molecule has 0 aliphatic carbocycles. The SMILES string of the molecule is COc1ccc2nc(N(CCN(C)C)C(=O)c3ccnn3C)sc2c1.Cl. The van der Waals surface area contributed by atoms with Crippen molar-refractivity contribution < 1.29 is 9.53 Å². The van der Waals surface area contributed by atoms with Crippen molar-refractivity contribution in [1.82, 2.24) is 19.7 Å². The van der Waals surface area contributed by atoms with E-state index in [1.165, 1.54) is 11.3 Å². The first kappa shape index (κ1) is 20.2. The van der Waals surface area contributed by atoms with Crippen molar-refractivity contribution >= 4 is 45.0 Å². The fraction of sp³-hybridized carbons (Fsp3) is 0.353. The first-order chi connectivity index (χ1) is 12.0. The number of carbonyl (C=O) groups excluding carboxylic acids is 1. The van der Waals surface area contributed by atoms with Crippen LogP contribution >= 0.6 is 23.7 Å². The summed E-state index contributed by atoms with van der Waals surface area (Å²) in [4.78, 5) is 21.4. The fourth-order valence-electron chi connectivity index (χ4n) is 2.44. The van der Waals surface area contributed by atoms with E-state index in [1.54, 1.807) is 36.0 Å². The van der Waals surface area contributed by atoms with Crippen molar-refractivity contribution in [2.24, 2.45) is 7.05 Å². The molecule has 0 bridgehead atoms. The van der Waals surface area contributed by atoms with Gasteiger partial charge in [0, 0.05) is 26.3 Å². The van der Waals surface area contributed by atoms with Crippen molar-refractivity contribution in [1.29, 1.82) is 0 Å². The second-order valence-corrected chi connectivity index (χ2v) is 6.94. The zero-order valence-electron chi connectivity index (χ0n) is 15.2. The van der Waals surface area contributed by atoms with Gasteiger partial charge in [0.2, 0.25) is 0 Å². The van der Waals surface area contributed by atoms with Crippen molar-refractivity contribution in [3.05, 3.63) is 36.2 Å². The lowest BCUT2D eigenvalue weighted by Gasteiger charge is -2.21. The lowest BCUT2D eigenvalue weighted by Crippen LogP contribution is -2.37. The molecule has 2 aromatic heterocycles. The van der Waals surface area contributed by atoms with E-state index in [0.717, 1.165) is 22.5 Å².